The van der Waals surface area contributed by atoms with Crippen LogP contribution in [0.5, 0.6) is 0 Å². The zero-order chi connectivity index (χ0) is 16.9. The molecule has 0 atom stereocenters. The number of hydrogen-bond donors (Lipinski definition) is 0. The monoisotopic (exact) mass is 331 g/mol. The Morgan fingerprint density at radius 1 is 1.17 bits per heavy atom. The second-order valence-corrected chi connectivity index (χ2v) is 5.78. The van der Waals surface area contributed by atoms with Gasteiger partial charge in [0.05, 0.1) is 24.0 Å². The predicted octanol–water partition coefficient (Wildman–Crippen LogP) is 3.24. The molecule has 0 saturated carbocycles. The highest BCUT2D eigenvalue weighted by Crippen LogP contribution is 2.38. The summed E-state index contributed by atoms with van der Waals surface area (Å²) in [4.78, 5) is 21.9. The van der Waals surface area contributed by atoms with Crippen molar-refractivity contribution in [3.05, 3.63) is 58.4 Å². The van der Waals surface area contributed by atoms with E-state index in [9.17, 15) is 18.0 Å². The average Bonchev–Trinajstić information content (AvgIpc) is 3.00. The van der Waals surface area contributed by atoms with Gasteiger partial charge in [0.2, 0.25) is 0 Å². The number of fused-ring (bicyclic) bond motifs is 2. The number of aromatic nitrogens is 1. The molecule has 2 aliphatic rings. The zero-order valence-corrected chi connectivity index (χ0v) is 12.5. The molecule has 0 spiro atoms. The van der Waals surface area contributed by atoms with Crippen LogP contribution in [0.15, 0.2) is 35.6 Å². The van der Waals surface area contributed by atoms with Crippen LogP contribution in [-0.2, 0) is 19.1 Å². The van der Waals surface area contributed by atoms with Crippen molar-refractivity contribution in [3.8, 4) is 0 Å². The SMILES string of the molecule is O=C1c2cc3c(cc2CCN1c1cnccc1C(F)(F)F)C=NC3. The van der Waals surface area contributed by atoms with Gasteiger partial charge in [0.25, 0.3) is 5.91 Å². The highest BCUT2D eigenvalue weighted by Gasteiger charge is 2.37. The number of halogens is 3. The minimum absolute atomic E-state index is 0.191. The van der Waals surface area contributed by atoms with Crippen molar-refractivity contribution < 1.29 is 18.0 Å². The van der Waals surface area contributed by atoms with Gasteiger partial charge in [-0.25, -0.2) is 0 Å². The second-order valence-electron chi connectivity index (χ2n) is 5.78. The Hall–Kier alpha value is -2.70. The molecule has 2 aromatic rings. The third kappa shape index (κ3) is 2.28. The lowest BCUT2D eigenvalue weighted by atomic mass is 9.93. The van der Waals surface area contributed by atoms with E-state index in [2.05, 4.69) is 9.98 Å². The van der Waals surface area contributed by atoms with Crippen LogP contribution < -0.4 is 4.90 Å². The number of nitrogens with zero attached hydrogens (tertiary/aromatic N) is 3. The van der Waals surface area contributed by atoms with Crippen LogP contribution in [0.4, 0.5) is 18.9 Å². The Bertz CT molecular complexity index is 874. The van der Waals surface area contributed by atoms with Crippen molar-refractivity contribution in [2.45, 2.75) is 19.1 Å². The molecular formula is C17H12F3N3O. The number of benzene rings is 1. The highest BCUT2D eigenvalue weighted by molar-refractivity contribution is 6.09. The van der Waals surface area contributed by atoms with Crippen LogP contribution in [-0.4, -0.2) is 23.7 Å². The fourth-order valence-corrected chi connectivity index (χ4v) is 3.16. The van der Waals surface area contributed by atoms with Crippen LogP contribution in [0.1, 0.15) is 32.6 Å². The van der Waals surface area contributed by atoms with Crippen molar-refractivity contribution in [3.63, 3.8) is 0 Å². The maximum Gasteiger partial charge on any atom is 0.418 e. The summed E-state index contributed by atoms with van der Waals surface area (Å²) < 4.78 is 39.7. The third-order valence-corrected chi connectivity index (χ3v) is 4.33. The summed E-state index contributed by atoms with van der Waals surface area (Å²) in [5.41, 5.74) is 2.15. The molecular weight excluding hydrogens is 319 g/mol. The first-order chi connectivity index (χ1) is 11.4. The van der Waals surface area contributed by atoms with Crippen LogP contribution >= 0.6 is 0 Å². The predicted molar refractivity (Wildman–Crippen MR) is 82.4 cm³/mol. The molecule has 0 saturated heterocycles. The topological polar surface area (TPSA) is 45.6 Å². The van der Waals surface area contributed by atoms with Crippen LogP contribution in [0.25, 0.3) is 0 Å². The number of carbonyl (C=O) groups is 1. The zero-order valence-electron chi connectivity index (χ0n) is 12.5. The molecule has 0 fully saturated rings. The maximum atomic E-state index is 13.2. The van der Waals surface area contributed by atoms with Crippen LogP contribution in [0.3, 0.4) is 0 Å². The van der Waals surface area contributed by atoms with Crippen molar-refractivity contribution in [2.24, 2.45) is 4.99 Å². The molecule has 0 aliphatic carbocycles. The van der Waals surface area contributed by atoms with Crippen molar-refractivity contribution in [1.29, 1.82) is 0 Å². The fourth-order valence-electron chi connectivity index (χ4n) is 3.16. The van der Waals surface area contributed by atoms with Crippen molar-refractivity contribution >= 4 is 17.8 Å². The van der Waals surface area contributed by atoms with E-state index >= 15 is 0 Å². The van der Waals surface area contributed by atoms with E-state index in [0.29, 0.717) is 18.5 Å². The Morgan fingerprint density at radius 2 is 2.00 bits per heavy atom. The van der Waals surface area contributed by atoms with Gasteiger partial charge in [-0.05, 0) is 41.3 Å². The molecule has 0 unspecified atom stereocenters. The van der Waals surface area contributed by atoms with Gasteiger partial charge in [-0.1, -0.05) is 0 Å². The standard InChI is InChI=1S/C17H12F3N3O/c18-17(19,20)14-1-3-21-9-15(14)23-4-2-10-5-11-7-22-8-12(11)6-13(10)16(23)24/h1,3,5-7,9H,2,4,8H2. The normalized spacial score (nSPS) is 16.3. The number of alkyl halides is 3. The van der Waals surface area contributed by atoms with E-state index in [4.69, 9.17) is 0 Å². The number of pyridine rings is 1. The molecule has 4 rings (SSSR count). The number of rotatable bonds is 1. The summed E-state index contributed by atoms with van der Waals surface area (Å²) in [6.45, 7) is 0.688. The second kappa shape index (κ2) is 5.15. The van der Waals surface area contributed by atoms with Gasteiger partial charge in [0.1, 0.15) is 0 Å². The molecule has 0 N–H and O–H groups in total. The van der Waals surface area contributed by atoms with Gasteiger partial charge in [0, 0.05) is 24.5 Å². The van der Waals surface area contributed by atoms with Gasteiger partial charge >= 0.3 is 6.18 Å². The molecule has 122 valence electrons. The smallest absolute Gasteiger partial charge is 0.306 e. The molecule has 1 aromatic heterocycles. The molecule has 4 nitrogen and oxygen atoms in total. The van der Waals surface area contributed by atoms with Gasteiger partial charge in [-0.15, -0.1) is 0 Å². The Kier molecular flexibility index (Phi) is 3.19. The molecule has 0 bridgehead atoms. The van der Waals surface area contributed by atoms with E-state index in [-0.39, 0.29) is 12.2 Å². The fraction of sp³-hybridized carbons (Fsp3) is 0.235. The lowest BCUT2D eigenvalue weighted by molar-refractivity contribution is -0.137. The van der Waals surface area contributed by atoms with Gasteiger partial charge in [-0.2, -0.15) is 13.2 Å². The number of hydrogen-bond acceptors (Lipinski definition) is 3. The van der Waals surface area contributed by atoms with Gasteiger partial charge < -0.3 is 4.90 Å². The largest absolute Gasteiger partial charge is 0.418 e. The van der Waals surface area contributed by atoms with Crippen LogP contribution in [0, 0.1) is 0 Å². The van der Waals surface area contributed by atoms with Gasteiger partial charge in [0.15, 0.2) is 0 Å². The van der Waals surface area contributed by atoms with Gasteiger partial charge in [-0.3, -0.25) is 14.8 Å². The Labute approximate surface area is 135 Å². The van der Waals surface area contributed by atoms with E-state index in [0.717, 1.165) is 35.2 Å². The Balaban J connectivity index is 1.77. The summed E-state index contributed by atoms with van der Waals surface area (Å²) in [7, 11) is 0. The summed E-state index contributed by atoms with van der Waals surface area (Å²) in [5, 5.41) is 0. The first-order valence-corrected chi connectivity index (χ1v) is 7.44. The average molecular weight is 331 g/mol. The first kappa shape index (κ1) is 14.9. The van der Waals surface area contributed by atoms with E-state index in [1.54, 1.807) is 12.3 Å². The lowest BCUT2D eigenvalue weighted by Crippen LogP contribution is -2.39. The van der Waals surface area contributed by atoms with Crippen LogP contribution in [0.2, 0.25) is 0 Å². The van der Waals surface area contributed by atoms with E-state index < -0.39 is 17.6 Å². The molecule has 2 aliphatic heterocycles. The lowest BCUT2D eigenvalue weighted by Gasteiger charge is -2.30. The molecule has 24 heavy (non-hydrogen) atoms. The molecule has 0 radical (unpaired) electrons. The number of aliphatic imine (C=N–C) groups is 1. The molecule has 3 heterocycles. The van der Waals surface area contributed by atoms with Crippen molar-refractivity contribution in [2.75, 3.05) is 11.4 Å². The highest BCUT2D eigenvalue weighted by atomic mass is 19.4. The third-order valence-electron chi connectivity index (χ3n) is 4.33. The molecule has 1 aromatic carbocycles. The quantitative estimate of drug-likeness (QED) is 0.805. The first-order valence-electron chi connectivity index (χ1n) is 7.44. The maximum absolute atomic E-state index is 13.2. The molecule has 7 heteroatoms. The summed E-state index contributed by atoms with van der Waals surface area (Å²) in [5.74, 6) is -0.426. The van der Waals surface area contributed by atoms with E-state index in [1.807, 2.05) is 6.07 Å². The van der Waals surface area contributed by atoms with E-state index in [1.165, 1.54) is 4.90 Å². The summed E-state index contributed by atoms with van der Waals surface area (Å²) >= 11 is 0. The summed E-state index contributed by atoms with van der Waals surface area (Å²) in [6.07, 6.45) is -0.102. The molecule has 1 amide bonds. The van der Waals surface area contributed by atoms with Crippen molar-refractivity contribution in [1.82, 2.24) is 4.98 Å². The number of amides is 1. The summed E-state index contributed by atoms with van der Waals surface area (Å²) in [6, 6.07) is 4.55. The minimum Gasteiger partial charge on any atom is -0.306 e. The minimum atomic E-state index is -4.54. The number of carbonyl (C=O) groups excluding carboxylic acids is 1. The number of anilines is 1. The Morgan fingerprint density at radius 3 is 2.79 bits per heavy atom.